The largest absolute Gasteiger partial charge is 0.479 e. The van der Waals surface area contributed by atoms with Crippen LogP contribution >= 0.6 is 0 Å². The Labute approximate surface area is 101 Å². The zero-order chi connectivity index (χ0) is 12.6. The average Bonchev–Trinajstić information content (AvgIpc) is 2.72. The number of hydrogen-bond acceptors (Lipinski definition) is 4. The zero-order valence-electron chi connectivity index (χ0n) is 9.70. The third-order valence-electron chi connectivity index (χ3n) is 3.19. The third kappa shape index (κ3) is 2.78. The van der Waals surface area contributed by atoms with Crippen LogP contribution in [-0.2, 0) is 19.6 Å². The number of ether oxygens (including phenoxy) is 1. The predicted octanol–water partition coefficient (Wildman–Crippen LogP) is -0.0999. The Morgan fingerprint density at radius 2 is 2.18 bits per heavy atom. The van der Waals surface area contributed by atoms with Gasteiger partial charge in [-0.25, -0.2) is 13.2 Å². The van der Waals surface area contributed by atoms with Gasteiger partial charge in [-0.15, -0.1) is 0 Å². The Bertz CT molecular complexity index is 407. The molecule has 1 N–H and O–H groups in total. The fraction of sp³-hybridized carbons (Fsp3) is 0.900. The van der Waals surface area contributed by atoms with Crippen molar-refractivity contribution in [2.45, 2.75) is 32.0 Å². The van der Waals surface area contributed by atoms with Crippen molar-refractivity contribution in [3.8, 4) is 0 Å². The fourth-order valence-corrected chi connectivity index (χ4v) is 4.33. The quantitative estimate of drug-likeness (QED) is 0.768. The summed E-state index contributed by atoms with van der Waals surface area (Å²) in [6.45, 7) is 2.70. The second-order valence-electron chi connectivity index (χ2n) is 4.86. The molecular weight excluding hydrogens is 246 g/mol. The van der Waals surface area contributed by atoms with Gasteiger partial charge in [-0.1, -0.05) is 6.92 Å². The Morgan fingerprint density at radius 3 is 2.65 bits per heavy atom. The first-order chi connectivity index (χ1) is 7.88. The lowest BCUT2D eigenvalue weighted by atomic mass is 10.2. The summed E-state index contributed by atoms with van der Waals surface area (Å²) in [4.78, 5) is 10.7. The lowest BCUT2D eigenvalue weighted by molar-refractivity contribution is -0.149. The minimum Gasteiger partial charge on any atom is -0.479 e. The molecule has 0 aliphatic carbocycles. The minimum atomic E-state index is -3.16. The average molecular weight is 263 g/mol. The van der Waals surface area contributed by atoms with E-state index in [1.165, 1.54) is 4.31 Å². The van der Waals surface area contributed by atoms with Crippen LogP contribution in [0.1, 0.15) is 19.8 Å². The van der Waals surface area contributed by atoms with E-state index in [1.807, 2.05) is 6.92 Å². The maximum absolute atomic E-state index is 11.7. The van der Waals surface area contributed by atoms with Crippen molar-refractivity contribution >= 4 is 16.0 Å². The Hall–Kier alpha value is -0.660. The lowest BCUT2D eigenvalue weighted by Crippen LogP contribution is -2.34. The fourth-order valence-electron chi connectivity index (χ4n) is 2.42. The summed E-state index contributed by atoms with van der Waals surface area (Å²) in [5, 5.41) is 8.78. The van der Waals surface area contributed by atoms with Crippen LogP contribution in [0.25, 0.3) is 0 Å². The molecule has 0 spiro atoms. The molecule has 0 aromatic rings. The van der Waals surface area contributed by atoms with Crippen LogP contribution in [-0.4, -0.2) is 54.8 Å². The van der Waals surface area contributed by atoms with Crippen LogP contribution in [0.3, 0.4) is 0 Å². The number of nitrogens with zero attached hydrogens (tertiary/aromatic N) is 1. The molecule has 2 saturated heterocycles. The van der Waals surface area contributed by atoms with Crippen LogP contribution in [0, 0.1) is 5.92 Å². The van der Waals surface area contributed by atoms with Crippen LogP contribution in [0.2, 0.25) is 0 Å². The van der Waals surface area contributed by atoms with E-state index in [4.69, 9.17) is 9.84 Å². The molecule has 0 radical (unpaired) electrons. The van der Waals surface area contributed by atoms with Crippen molar-refractivity contribution in [1.82, 2.24) is 4.31 Å². The van der Waals surface area contributed by atoms with Crippen LogP contribution in [0.5, 0.6) is 0 Å². The van der Waals surface area contributed by atoms with Gasteiger partial charge in [-0.3, -0.25) is 0 Å². The van der Waals surface area contributed by atoms with Gasteiger partial charge in [-0.2, -0.15) is 4.31 Å². The molecule has 2 fully saturated rings. The number of carboxylic acids is 1. The van der Waals surface area contributed by atoms with E-state index in [0.717, 1.165) is 0 Å². The van der Waals surface area contributed by atoms with Gasteiger partial charge < -0.3 is 9.84 Å². The molecule has 3 unspecified atom stereocenters. The Balaban J connectivity index is 1.93. The van der Waals surface area contributed by atoms with Gasteiger partial charge in [0.2, 0.25) is 10.0 Å². The Kier molecular flexibility index (Phi) is 3.42. The highest BCUT2D eigenvalue weighted by molar-refractivity contribution is 7.89. The monoisotopic (exact) mass is 263 g/mol. The van der Waals surface area contributed by atoms with Crippen LogP contribution in [0.4, 0.5) is 0 Å². The van der Waals surface area contributed by atoms with E-state index in [0.29, 0.717) is 19.4 Å². The van der Waals surface area contributed by atoms with E-state index in [9.17, 15) is 13.2 Å². The molecule has 2 aliphatic rings. The van der Waals surface area contributed by atoms with Crippen LogP contribution < -0.4 is 0 Å². The first kappa shape index (κ1) is 12.8. The van der Waals surface area contributed by atoms with Crippen molar-refractivity contribution < 1.29 is 23.1 Å². The molecule has 0 bridgehead atoms. The predicted molar refractivity (Wildman–Crippen MR) is 60.1 cm³/mol. The molecule has 98 valence electrons. The molecule has 2 heterocycles. The summed E-state index contributed by atoms with van der Waals surface area (Å²) < 4.78 is 30.2. The Morgan fingerprint density at radius 1 is 1.47 bits per heavy atom. The molecule has 2 rings (SSSR count). The third-order valence-corrected chi connectivity index (χ3v) is 5.27. The highest BCUT2D eigenvalue weighted by Crippen LogP contribution is 2.25. The highest BCUT2D eigenvalue weighted by Gasteiger charge is 2.38. The number of rotatable bonds is 3. The molecule has 2 aliphatic heterocycles. The maximum atomic E-state index is 11.7. The number of sulfonamides is 1. The van der Waals surface area contributed by atoms with Crippen molar-refractivity contribution in [2.75, 3.05) is 18.8 Å². The second kappa shape index (κ2) is 4.55. The van der Waals surface area contributed by atoms with Crippen molar-refractivity contribution in [2.24, 2.45) is 5.92 Å². The van der Waals surface area contributed by atoms with E-state index in [-0.39, 0.29) is 24.3 Å². The van der Waals surface area contributed by atoms with Gasteiger partial charge >= 0.3 is 5.97 Å². The van der Waals surface area contributed by atoms with E-state index in [1.54, 1.807) is 0 Å². The maximum Gasteiger partial charge on any atom is 0.332 e. The first-order valence-corrected chi connectivity index (χ1v) is 7.35. The topological polar surface area (TPSA) is 83.9 Å². The molecule has 0 aromatic carbocycles. The van der Waals surface area contributed by atoms with Gasteiger partial charge in [0.1, 0.15) is 0 Å². The smallest absolute Gasteiger partial charge is 0.332 e. The van der Waals surface area contributed by atoms with Gasteiger partial charge in [0.25, 0.3) is 0 Å². The standard InChI is InChI=1S/C10H17NO5S/c1-7-4-11(17(14,15)6-7)5-8-2-3-9(16-8)10(12)13/h7-9H,2-6H2,1H3,(H,12,13). The highest BCUT2D eigenvalue weighted by atomic mass is 32.2. The summed E-state index contributed by atoms with van der Waals surface area (Å²) in [7, 11) is -3.16. The van der Waals surface area contributed by atoms with Crippen molar-refractivity contribution in [3.05, 3.63) is 0 Å². The number of hydrogen-bond donors (Lipinski definition) is 1. The van der Waals surface area contributed by atoms with Gasteiger partial charge in [0, 0.05) is 13.1 Å². The van der Waals surface area contributed by atoms with Crippen LogP contribution in [0.15, 0.2) is 0 Å². The second-order valence-corrected chi connectivity index (χ2v) is 6.88. The molecular formula is C10H17NO5S. The van der Waals surface area contributed by atoms with Gasteiger partial charge in [0.05, 0.1) is 11.9 Å². The molecule has 6 nitrogen and oxygen atoms in total. The minimum absolute atomic E-state index is 0.136. The van der Waals surface area contributed by atoms with E-state index in [2.05, 4.69) is 0 Å². The summed E-state index contributed by atoms with van der Waals surface area (Å²) in [6, 6.07) is 0. The summed E-state index contributed by atoms with van der Waals surface area (Å²) in [5.41, 5.74) is 0. The molecule has 3 atom stereocenters. The molecule has 0 amide bonds. The number of carbonyl (C=O) groups is 1. The van der Waals surface area contributed by atoms with Gasteiger partial charge in [-0.05, 0) is 18.8 Å². The van der Waals surface area contributed by atoms with Crippen molar-refractivity contribution in [1.29, 1.82) is 0 Å². The summed E-state index contributed by atoms with van der Waals surface area (Å²) in [5.74, 6) is -0.649. The molecule has 7 heteroatoms. The normalized spacial score (nSPS) is 37.4. The summed E-state index contributed by atoms with van der Waals surface area (Å²) in [6.07, 6.45) is 0.0137. The summed E-state index contributed by atoms with van der Waals surface area (Å²) >= 11 is 0. The molecule has 17 heavy (non-hydrogen) atoms. The molecule has 0 aromatic heterocycles. The van der Waals surface area contributed by atoms with E-state index < -0.39 is 22.1 Å². The van der Waals surface area contributed by atoms with E-state index >= 15 is 0 Å². The first-order valence-electron chi connectivity index (χ1n) is 5.74. The zero-order valence-corrected chi connectivity index (χ0v) is 10.5. The van der Waals surface area contributed by atoms with Gasteiger partial charge in [0.15, 0.2) is 6.10 Å². The SMILES string of the molecule is CC1CN(CC2CCC(C(=O)O)O2)S(=O)(=O)C1. The number of carboxylic acid groups (broad SMARTS) is 1. The molecule has 0 saturated carbocycles. The van der Waals surface area contributed by atoms with Crippen molar-refractivity contribution in [3.63, 3.8) is 0 Å². The lowest BCUT2D eigenvalue weighted by Gasteiger charge is -2.19. The number of aliphatic carboxylic acids is 1.